The molecule has 3 rings (SSSR count). The van der Waals surface area contributed by atoms with Gasteiger partial charge in [-0.05, 0) is 31.2 Å². The van der Waals surface area contributed by atoms with Gasteiger partial charge in [0.25, 0.3) is 0 Å². The number of fused-ring (bicyclic) bond motifs is 1. The van der Waals surface area contributed by atoms with Crippen LogP contribution in [0.15, 0.2) is 53.6 Å². The number of methoxy groups -OCH3 is 1. The topological polar surface area (TPSA) is 64.1 Å². The van der Waals surface area contributed by atoms with E-state index in [2.05, 4.69) is 15.5 Å². The number of amides is 1. The number of halogens is 1. The summed E-state index contributed by atoms with van der Waals surface area (Å²) < 4.78 is 18.2. The van der Waals surface area contributed by atoms with Crippen LogP contribution in [0.4, 0.5) is 4.39 Å². The van der Waals surface area contributed by atoms with Crippen LogP contribution < -0.4 is 5.32 Å². The van der Waals surface area contributed by atoms with Gasteiger partial charge in [0.2, 0.25) is 5.91 Å². The third kappa shape index (κ3) is 4.81. The summed E-state index contributed by atoms with van der Waals surface area (Å²) in [6.07, 6.45) is 0. The number of nitrogens with zero attached hydrogens (tertiary/aromatic N) is 2. The minimum Gasteiger partial charge on any atom is -0.383 e. The molecule has 5 nitrogen and oxygen atoms in total. The van der Waals surface area contributed by atoms with Crippen LogP contribution in [0.3, 0.4) is 0 Å². The normalized spacial score (nSPS) is 12.1. The maximum Gasteiger partial charge on any atom is 0.230 e. The van der Waals surface area contributed by atoms with Crippen LogP contribution in [0.2, 0.25) is 0 Å². The first-order valence-corrected chi connectivity index (χ1v) is 9.49. The number of hydrogen-bond donors (Lipinski definition) is 1. The summed E-state index contributed by atoms with van der Waals surface area (Å²) in [7, 11) is 1.60. The van der Waals surface area contributed by atoms with Crippen LogP contribution in [0.25, 0.3) is 22.0 Å². The molecule has 0 unspecified atom stereocenters. The largest absolute Gasteiger partial charge is 0.383 e. The van der Waals surface area contributed by atoms with E-state index in [1.165, 1.54) is 23.9 Å². The van der Waals surface area contributed by atoms with Gasteiger partial charge in [0, 0.05) is 29.5 Å². The smallest absolute Gasteiger partial charge is 0.230 e. The van der Waals surface area contributed by atoms with Gasteiger partial charge in [0.05, 0.1) is 12.4 Å². The summed E-state index contributed by atoms with van der Waals surface area (Å²) in [5, 5.41) is 14.0. The van der Waals surface area contributed by atoms with E-state index < -0.39 is 0 Å². The molecular formula is C20H20FN3O2S. The first-order chi connectivity index (χ1) is 13.1. The van der Waals surface area contributed by atoms with Gasteiger partial charge < -0.3 is 10.1 Å². The minimum atomic E-state index is -0.295. The lowest BCUT2D eigenvalue weighted by Gasteiger charge is -2.13. The average Bonchev–Trinajstić information content (AvgIpc) is 2.67. The van der Waals surface area contributed by atoms with E-state index in [1.54, 1.807) is 19.2 Å². The molecule has 0 aliphatic rings. The molecule has 140 valence electrons. The number of thioether (sulfide) groups is 1. The Morgan fingerprint density at radius 3 is 2.56 bits per heavy atom. The Balaban J connectivity index is 1.83. The molecule has 0 spiro atoms. The molecule has 0 fully saturated rings. The molecule has 1 aromatic heterocycles. The summed E-state index contributed by atoms with van der Waals surface area (Å²) >= 11 is 1.34. The molecule has 0 bridgehead atoms. The standard InChI is InChI=1S/C20H20FN3O2S/c1-13(11-26-2)22-18(25)12-27-20-17-6-4-3-5-16(17)19(23-24-20)14-7-9-15(21)10-8-14/h3-10,13H,11-12H2,1-2H3,(H,22,25)/t13-/m0/s1. The summed E-state index contributed by atoms with van der Waals surface area (Å²) in [6, 6.07) is 13.9. The molecule has 7 heteroatoms. The molecule has 1 heterocycles. The predicted molar refractivity (Wildman–Crippen MR) is 105 cm³/mol. The Bertz CT molecular complexity index is 934. The number of ether oxygens (including phenoxy) is 1. The fourth-order valence-corrected chi connectivity index (χ4v) is 3.53. The lowest BCUT2D eigenvalue weighted by molar-refractivity contribution is -0.119. The average molecular weight is 385 g/mol. The van der Waals surface area contributed by atoms with Gasteiger partial charge in [-0.15, -0.1) is 10.2 Å². The molecule has 27 heavy (non-hydrogen) atoms. The summed E-state index contributed by atoms with van der Waals surface area (Å²) in [5.41, 5.74) is 1.48. The number of nitrogens with one attached hydrogen (secondary N) is 1. The van der Waals surface area contributed by atoms with Gasteiger partial charge in [-0.1, -0.05) is 36.0 Å². The fourth-order valence-electron chi connectivity index (χ4n) is 2.75. The predicted octanol–water partition coefficient (Wildman–Crippen LogP) is 3.68. The second-order valence-electron chi connectivity index (χ2n) is 6.12. The van der Waals surface area contributed by atoms with Gasteiger partial charge in [-0.2, -0.15) is 0 Å². The van der Waals surface area contributed by atoms with Gasteiger partial charge in [-0.3, -0.25) is 4.79 Å². The molecule has 0 radical (unpaired) electrons. The number of carbonyl (C=O) groups is 1. The summed E-state index contributed by atoms with van der Waals surface area (Å²) in [4.78, 5) is 12.1. The van der Waals surface area contributed by atoms with Crippen LogP contribution >= 0.6 is 11.8 Å². The van der Waals surface area contributed by atoms with E-state index in [4.69, 9.17) is 4.74 Å². The highest BCUT2D eigenvalue weighted by atomic mass is 32.2. The third-order valence-corrected chi connectivity index (χ3v) is 4.92. The Morgan fingerprint density at radius 2 is 1.85 bits per heavy atom. The van der Waals surface area contributed by atoms with Crippen molar-refractivity contribution in [1.82, 2.24) is 15.5 Å². The van der Waals surface area contributed by atoms with Crippen molar-refractivity contribution >= 4 is 28.4 Å². The van der Waals surface area contributed by atoms with Crippen LogP contribution in [-0.4, -0.2) is 41.6 Å². The molecule has 1 amide bonds. The van der Waals surface area contributed by atoms with Crippen molar-refractivity contribution in [2.24, 2.45) is 0 Å². The minimum absolute atomic E-state index is 0.0493. The molecule has 1 atom stereocenters. The van der Waals surface area contributed by atoms with Crippen LogP contribution in [0, 0.1) is 5.82 Å². The van der Waals surface area contributed by atoms with Gasteiger partial charge in [0.1, 0.15) is 16.5 Å². The van der Waals surface area contributed by atoms with Gasteiger partial charge >= 0.3 is 0 Å². The monoisotopic (exact) mass is 385 g/mol. The van der Waals surface area contributed by atoms with E-state index in [0.717, 1.165) is 16.3 Å². The van der Waals surface area contributed by atoms with E-state index in [0.29, 0.717) is 17.3 Å². The SMILES string of the molecule is COC[C@H](C)NC(=O)CSc1nnc(-c2ccc(F)cc2)c2ccccc12. The van der Waals surface area contributed by atoms with Gasteiger partial charge in [0.15, 0.2) is 0 Å². The zero-order valence-corrected chi connectivity index (χ0v) is 15.9. The molecule has 1 N–H and O–H groups in total. The highest BCUT2D eigenvalue weighted by Gasteiger charge is 2.13. The van der Waals surface area contributed by atoms with Crippen molar-refractivity contribution in [2.45, 2.75) is 18.0 Å². The van der Waals surface area contributed by atoms with Crippen molar-refractivity contribution < 1.29 is 13.9 Å². The van der Waals surface area contributed by atoms with Crippen molar-refractivity contribution in [3.05, 3.63) is 54.3 Å². The zero-order chi connectivity index (χ0) is 19.2. The molecular weight excluding hydrogens is 365 g/mol. The Kier molecular flexibility index (Phi) is 6.36. The maximum absolute atomic E-state index is 13.2. The van der Waals surface area contributed by atoms with E-state index in [1.807, 2.05) is 31.2 Å². The lowest BCUT2D eigenvalue weighted by atomic mass is 10.1. The molecule has 2 aromatic carbocycles. The Morgan fingerprint density at radius 1 is 1.15 bits per heavy atom. The Labute approximate surface area is 161 Å². The molecule has 0 saturated heterocycles. The van der Waals surface area contributed by atoms with Gasteiger partial charge in [-0.25, -0.2) is 4.39 Å². The first kappa shape index (κ1) is 19.3. The van der Waals surface area contributed by atoms with E-state index in [-0.39, 0.29) is 23.5 Å². The van der Waals surface area contributed by atoms with Crippen molar-refractivity contribution in [1.29, 1.82) is 0 Å². The first-order valence-electron chi connectivity index (χ1n) is 8.51. The molecule has 0 aliphatic heterocycles. The quantitative estimate of drug-likeness (QED) is 0.629. The van der Waals surface area contributed by atoms with E-state index in [9.17, 15) is 9.18 Å². The van der Waals surface area contributed by atoms with Crippen LogP contribution in [0.1, 0.15) is 6.92 Å². The Hall–Kier alpha value is -2.51. The zero-order valence-electron chi connectivity index (χ0n) is 15.1. The number of rotatable bonds is 7. The fraction of sp³-hybridized carbons (Fsp3) is 0.250. The number of hydrogen-bond acceptors (Lipinski definition) is 5. The maximum atomic E-state index is 13.2. The molecule has 3 aromatic rings. The molecule has 0 saturated carbocycles. The highest BCUT2D eigenvalue weighted by molar-refractivity contribution is 8.00. The van der Waals surface area contributed by atoms with Crippen LogP contribution in [-0.2, 0) is 9.53 Å². The lowest BCUT2D eigenvalue weighted by Crippen LogP contribution is -2.36. The highest BCUT2D eigenvalue weighted by Crippen LogP contribution is 2.31. The summed E-state index contributed by atoms with van der Waals surface area (Å²) in [6.45, 7) is 2.35. The third-order valence-electron chi connectivity index (χ3n) is 3.94. The van der Waals surface area contributed by atoms with Crippen molar-refractivity contribution in [3.63, 3.8) is 0 Å². The second kappa shape index (κ2) is 8.92. The number of benzene rings is 2. The number of aromatic nitrogens is 2. The number of carbonyl (C=O) groups excluding carboxylic acids is 1. The van der Waals surface area contributed by atoms with Crippen molar-refractivity contribution in [3.8, 4) is 11.3 Å². The second-order valence-corrected chi connectivity index (χ2v) is 7.08. The van der Waals surface area contributed by atoms with Crippen LogP contribution in [0.5, 0.6) is 0 Å². The van der Waals surface area contributed by atoms with Crippen molar-refractivity contribution in [2.75, 3.05) is 19.5 Å². The summed E-state index contributed by atoms with van der Waals surface area (Å²) in [5.74, 6) is -0.141. The molecule has 0 aliphatic carbocycles. The van der Waals surface area contributed by atoms with E-state index >= 15 is 0 Å².